The highest BCUT2D eigenvalue weighted by atomic mass is 32.1. The van der Waals surface area contributed by atoms with Crippen LogP contribution in [0.2, 0.25) is 0 Å². The molecule has 0 amide bonds. The van der Waals surface area contributed by atoms with Gasteiger partial charge in [-0.25, -0.2) is 34.9 Å². The van der Waals surface area contributed by atoms with E-state index in [2.05, 4.69) is 74.5 Å². The molecule has 12 rings (SSSR count). The summed E-state index contributed by atoms with van der Waals surface area (Å²) < 4.78 is 66.3. The van der Waals surface area contributed by atoms with Gasteiger partial charge in [0.15, 0.2) is 17.5 Å². The van der Waals surface area contributed by atoms with E-state index in [0.29, 0.717) is 34.0 Å². The standard InChI is InChI=1S/C53H32N8S/c1-5-19-46-41(13-1)42-14-2-6-20-47(42)61(46)48-21-7-3-16-45(48)53-59-51(34-12-9-11-33(23-34)40-17-10-18-44-43-15-4-8-22-49(43)62-50(40)44)58-52(60-53)37-25-35(38-27-54-31-55-28-38)24-36(26-37)39-29-56-32-57-30-39/h1-32H/i1D,2D,5D,13D,14D,19D,20D. The molecule has 12 aromatic rings. The van der Waals surface area contributed by atoms with Gasteiger partial charge in [-0.2, -0.15) is 0 Å². The highest BCUT2D eigenvalue weighted by Gasteiger charge is 2.21. The minimum Gasteiger partial charge on any atom is -0.309 e. The Morgan fingerprint density at radius 1 is 0.419 bits per heavy atom. The van der Waals surface area contributed by atoms with Gasteiger partial charge in [-0.3, -0.25) is 0 Å². The number of nitrogens with zero attached hydrogens (tertiary/aromatic N) is 8. The zero-order valence-electron chi connectivity index (χ0n) is 39.4. The lowest BCUT2D eigenvalue weighted by Crippen LogP contribution is -2.04. The molecule has 0 fully saturated rings. The summed E-state index contributed by atoms with van der Waals surface area (Å²) in [5, 5.41) is 2.48. The van der Waals surface area contributed by atoms with E-state index in [0.717, 1.165) is 38.1 Å². The summed E-state index contributed by atoms with van der Waals surface area (Å²) in [5.74, 6) is 0.897. The van der Waals surface area contributed by atoms with E-state index in [4.69, 9.17) is 21.8 Å². The molecule has 0 saturated heterocycles. The van der Waals surface area contributed by atoms with Crippen LogP contribution in [0.1, 0.15) is 9.60 Å². The van der Waals surface area contributed by atoms with Gasteiger partial charge in [0.2, 0.25) is 0 Å². The van der Waals surface area contributed by atoms with Gasteiger partial charge in [-0.15, -0.1) is 11.3 Å². The van der Waals surface area contributed by atoms with Gasteiger partial charge in [0, 0.05) is 83.5 Å². The minimum absolute atomic E-state index is 0.0417. The fraction of sp³-hybridized carbons (Fsp3) is 0. The van der Waals surface area contributed by atoms with Crippen molar-refractivity contribution in [2.45, 2.75) is 0 Å². The Labute approximate surface area is 369 Å². The first-order valence-corrected chi connectivity index (χ1v) is 20.5. The zero-order chi connectivity index (χ0) is 47.1. The number of aromatic nitrogens is 8. The Morgan fingerprint density at radius 2 is 1.00 bits per heavy atom. The van der Waals surface area contributed by atoms with E-state index < -0.39 is 12.1 Å². The zero-order valence-corrected chi connectivity index (χ0v) is 33.2. The predicted octanol–water partition coefficient (Wildman–Crippen LogP) is 12.9. The van der Waals surface area contributed by atoms with E-state index in [1.807, 2.05) is 42.5 Å². The molecule has 7 aromatic carbocycles. The summed E-state index contributed by atoms with van der Waals surface area (Å²) in [6.07, 6.45) is 9.86. The lowest BCUT2D eigenvalue weighted by Gasteiger charge is -2.15. The molecule has 290 valence electrons. The van der Waals surface area contributed by atoms with Gasteiger partial charge in [-0.1, -0.05) is 103 Å². The van der Waals surface area contributed by atoms with Crippen molar-refractivity contribution in [3.05, 3.63) is 195 Å². The van der Waals surface area contributed by atoms with Crippen molar-refractivity contribution in [1.29, 1.82) is 0 Å². The topological polar surface area (TPSA) is 95.2 Å². The average Bonchev–Trinajstić information content (AvgIpc) is 3.97. The Morgan fingerprint density at radius 3 is 1.81 bits per heavy atom. The van der Waals surface area contributed by atoms with Gasteiger partial charge in [-0.05, 0) is 76.8 Å². The molecule has 8 nitrogen and oxygen atoms in total. The summed E-state index contributed by atoms with van der Waals surface area (Å²) in [6.45, 7) is 0. The molecule has 0 aliphatic heterocycles. The van der Waals surface area contributed by atoms with E-state index in [9.17, 15) is 2.74 Å². The van der Waals surface area contributed by atoms with Crippen LogP contribution in [0.25, 0.3) is 115 Å². The molecule has 62 heavy (non-hydrogen) atoms. The lowest BCUT2D eigenvalue weighted by atomic mass is 9.98. The summed E-state index contributed by atoms with van der Waals surface area (Å²) in [5.41, 5.74) is 7.50. The molecular formula is C53H32N8S. The fourth-order valence-electron chi connectivity index (χ4n) is 8.11. The number of fused-ring (bicyclic) bond motifs is 6. The van der Waals surface area contributed by atoms with E-state index in [-0.39, 0.29) is 57.8 Å². The maximum atomic E-state index is 9.23. The summed E-state index contributed by atoms with van der Waals surface area (Å²) in [7, 11) is 0. The molecule has 0 N–H and O–H groups in total. The van der Waals surface area contributed by atoms with Crippen LogP contribution in [-0.4, -0.2) is 39.5 Å². The highest BCUT2D eigenvalue weighted by molar-refractivity contribution is 7.26. The number of rotatable bonds is 7. The van der Waals surface area contributed by atoms with Crippen LogP contribution in [0.4, 0.5) is 0 Å². The first-order chi connectivity index (χ1) is 33.6. The van der Waals surface area contributed by atoms with Gasteiger partial charge in [0.05, 0.1) is 26.3 Å². The SMILES string of the molecule is [2H]c1cc([2H])c2c(c1[2H])c1c([2H])c([2H])c([2H])c([2H])c1n2-c1ccccc1-c1nc(-c2cc(-c3cncnc3)cc(-c3cncnc3)c2)nc(-c2cccc(-c3cccc4c3sc3ccccc34)c2)n1. The number of benzene rings is 7. The van der Waals surface area contributed by atoms with Crippen molar-refractivity contribution < 1.29 is 9.60 Å². The van der Waals surface area contributed by atoms with Gasteiger partial charge >= 0.3 is 0 Å². The lowest BCUT2D eigenvalue weighted by molar-refractivity contribution is 1.06. The second kappa shape index (κ2) is 14.8. The maximum absolute atomic E-state index is 9.23. The molecule has 0 aliphatic carbocycles. The number of thiophene rings is 1. The first kappa shape index (κ1) is 29.0. The minimum atomic E-state index is -0.482. The van der Waals surface area contributed by atoms with E-state index in [1.54, 1.807) is 52.8 Å². The van der Waals surface area contributed by atoms with Crippen molar-refractivity contribution in [1.82, 2.24) is 39.5 Å². The molecule has 0 saturated carbocycles. The van der Waals surface area contributed by atoms with Crippen molar-refractivity contribution in [2.75, 3.05) is 0 Å². The van der Waals surface area contributed by atoms with Crippen LogP contribution < -0.4 is 0 Å². The number of hydrogen-bond acceptors (Lipinski definition) is 8. The molecule has 0 aliphatic rings. The van der Waals surface area contributed by atoms with Crippen LogP contribution in [-0.2, 0) is 0 Å². The summed E-state index contributed by atoms with van der Waals surface area (Å²) >= 11 is 1.75. The van der Waals surface area contributed by atoms with Crippen LogP contribution in [0.3, 0.4) is 0 Å². The number of para-hydroxylation sites is 3. The van der Waals surface area contributed by atoms with Crippen LogP contribution >= 0.6 is 11.3 Å². The van der Waals surface area contributed by atoms with E-state index in [1.165, 1.54) is 34.2 Å². The Kier molecular flexibility index (Phi) is 6.92. The van der Waals surface area contributed by atoms with Crippen LogP contribution in [0.15, 0.2) is 195 Å². The Balaban J connectivity index is 1.14. The second-order valence-electron chi connectivity index (χ2n) is 14.6. The molecule has 9 heteroatoms. The summed E-state index contributed by atoms with van der Waals surface area (Å²) in [4.78, 5) is 32.8. The Hall–Kier alpha value is -8.27. The second-order valence-corrected chi connectivity index (χ2v) is 15.6. The highest BCUT2D eigenvalue weighted by Crippen LogP contribution is 2.41. The molecule has 0 bridgehead atoms. The maximum Gasteiger partial charge on any atom is 0.166 e. The van der Waals surface area contributed by atoms with Crippen molar-refractivity contribution >= 4 is 53.3 Å². The molecule has 0 radical (unpaired) electrons. The van der Waals surface area contributed by atoms with Gasteiger partial charge < -0.3 is 4.57 Å². The third kappa shape index (κ3) is 6.10. The monoisotopic (exact) mass is 819 g/mol. The van der Waals surface area contributed by atoms with Gasteiger partial charge in [0.1, 0.15) is 12.7 Å². The molecular weight excluding hydrogens is 781 g/mol. The Bertz CT molecular complexity index is 4010. The van der Waals surface area contributed by atoms with Crippen molar-refractivity contribution in [3.8, 4) is 73.2 Å². The quantitative estimate of drug-likeness (QED) is 0.158. The van der Waals surface area contributed by atoms with Gasteiger partial charge in [0.25, 0.3) is 0 Å². The third-order valence-electron chi connectivity index (χ3n) is 10.9. The first-order valence-electron chi connectivity index (χ1n) is 23.2. The third-order valence-corrected chi connectivity index (χ3v) is 12.1. The fourth-order valence-corrected chi connectivity index (χ4v) is 9.35. The predicted molar refractivity (Wildman–Crippen MR) is 251 cm³/mol. The number of hydrogen-bond donors (Lipinski definition) is 0. The average molecular weight is 820 g/mol. The van der Waals surface area contributed by atoms with Crippen molar-refractivity contribution in [3.63, 3.8) is 0 Å². The molecule has 0 atom stereocenters. The smallest absolute Gasteiger partial charge is 0.166 e. The molecule has 5 heterocycles. The normalized spacial score (nSPS) is 13.1. The van der Waals surface area contributed by atoms with Crippen molar-refractivity contribution in [2.24, 2.45) is 0 Å². The summed E-state index contributed by atoms with van der Waals surface area (Å²) in [6, 6.07) is 34.9. The molecule has 0 unspecified atom stereocenters. The van der Waals surface area contributed by atoms with E-state index >= 15 is 0 Å². The molecule has 0 spiro atoms. The van der Waals surface area contributed by atoms with Crippen LogP contribution in [0.5, 0.6) is 0 Å². The largest absolute Gasteiger partial charge is 0.309 e. The molecule has 5 aromatic heterocycles. The van der Waals surface area contributed by atoms with Crippen LogP contribution in [0, 0.1) is 0 Å².